The van der Waals surface area contributed by atoms with Gasteiger partial charge in [0, 0.05) is 24.2 Å². The summed E-state index contributed by atoms with van der Waals surface area (Å²) >= 11 is 0. The van der Waals surface area contributed by atoms with Crippen LogP contribution in [0.3, 0.4) is 0 Å². The number of aryl methyl sites for hydroxylation is 2. The Balaban J connectivity index is 1.65. The summed E-state index contributed by atoms with van der Waals surface area (Å²) in [5.74, 6) is -0.338. The first kappa shape index (κ1) is 16.5. The summed E-state index contributed by atoms with van der Waals surface area (Å²) in [7, 11) is 1.55. The van der Waals surface area contributed by atoms with Crippen LogP contribution in [0.15, 0.2) is 47.3 Å². The summed E-state index contributed by atoms with van der Waals surface area (Å²) in [6.45, 7) is 0.657. The molecular formula is C20H19N3O3. The molecule has 1 amide bonds. The van der Waals surface area contributed by atoms with E-state index in [0.29, 0.717) is 13.2 Å². The maximum absolute atomic E-state index is 12.7. The molecule has 0 spiro atoms. The summed E-state index contributed by atoms with van der Waals surface area (Å²) in [4.78, 5) is 24.5. The molecule has 3 aromatic rings. The molecule has 1 aliphatic rings. The third-order valence-electron chi connectivity index (χ3n) is 4.73. The Morgan fingerprint density at radius 2 is 1.96 bits per heavy atom. The molecule has 4 rings (SSSR count). The molecule has 1 heterocycles. The minimum Gasteiger partial charge on any atom is -0.383 e. The number of amides is 1. The normalized spacial score (nSPS) is 12.5. The monoisotopic (exact) mass is 349 g/mol. The Hall–Kier alpha value is -2.99. The Labute approximate surface area is 150 Å². The molecule has 0 saturated heterocycles. The van der Waals surface area contributed by atoms with Crippen LogP contribution in [0.4, 0.5) is 5.69 Å². The number of aromatic nitrogens is 2. The highest BCUT2D eigenvalue weighted by molar-refractivity contribution is 6.09. The van der Waals surface area contributed by atoms with Gasteiger partial charge in [-0.05, 0) is 41.5 Å². The van der Waals surface area contributed by atoms with E-state index in [0.717, 1.165) is 23.9 Å². The third kappa shape index (κ3) is 2.88. The molecule has 0 radical (unpaired) electrons. The number of carbonyl (C=O) groups excluding carboxylic acids is 1. The van der Waals surface area contributed by atoms with Crippen molar-refractivity contribution in [2.75, 3.05) is 19.0 Å². The van der Waals surface area contributed by atoms with Gasteiger partial charge in [0.05, 0.1) is 13.2 Å². The van der Waals surface area contributed by atoms with Crippen molar-refractivity contribution in [2.45, 2.75) is 19.4 Å². The largest absolute Gasteiger partial charge is 0.383 e. The number of anilines is 1. The van der Waals surface area contributed by atoms with E-state index >= 15 is 0 Å². The lowest BCUT2D eigenvalue weighted by Crippen LogP contribution is -2.27. The van der Waals surface area contributed by atoms with Crippen molar-refractivity contribution in [1.82, 2.24) is 9.78 Å². The van der Waals surface area contributed by atoms with Gasteiger partial charge < -0.3 is 10.1 Å². The summed E-state index contributed by atoms with van der Waals surface area (Å²) < 4.78 is 6.21. The zero-order valence-electron chi connectivity index (χ0n) is 14.5. The van der Waals surface area contributed by atoms with Crippen LogP contribution in [0.5, 0.6) is 0 Å². The zero-order chi connectivity index (χ0) is 18.1. The first-order valence-corrected chi connectivity index (χ1v) is 8.59. The number of methoxy groups -OCH3 is 1. The smallest absolute Gasteiger partial charge is 0.276 e. The van der Waals surface area contributed by atoms with Gasteiger partial charge in [0.2, 0.25) is 0 Å². The van der Waals surface area contributed by atoms with Crippen molar-refractivity contribution in [3.8, 4) is 0 Å². The lowest BCUT2D eigenvalue weighted by Gasteiger charge is -2.11. The quantitative estimate of drug-likeness (QED) is 0.768. The summed E-state index contributed by atoms with van der Waals surface area (Å²) in [5, 5.41) is 9.36. The number of benzene rings is 2. The molecule has 2 aromatic carbocycles. The van der Waals surface area contributed by atoms with Gasteiger partial charge in [-0.1, -0.05) is 24.3 Å². The second-order valence-electron chi connectivity index (χ2n) is 6.34. The Morgan fingerprint density at radius 3 is 2.77 bits per heavy atom. The van der Waals surface area contributed by atoms with Gasteiger partial charge in [0.25, 0.3) is 11.5 Å². The topological polar surface area (TPSA) is 73.2 Å². The lowest BCUT2D eigenvalue weighted by atomic mass is 10.0. The molecule has 1 aliphatic carbocycles. The van der Waals surface area contributed by atoms with Gasteiger partial charge in [-0.2, -0.15) is 5.10 Å². The molecule has 0 atom stereocenters. The Bertz CT molecular complexity index is 1050. The van der Waals surface area contributed by atoms with Gasteiger partial charge in [-0.15, -0.1) is 0 Å². The first-order valence-electron chi connectivity index (χ1n) is 8.59. The van der Waals surface area contributed by atoms with E-state index in [1.165, 1.54) is 33.3 Å². The van der Waals surface area contributed by atoms with E-state index in [4.69, 9.17) is 4.74 Å². The van der Waals surface area contributed by atoms with Crippen molar-refractivity contribution in [1.29, 1.82) is 0 Å². The molecule has 0 unspecified atom stereocenters. The molecule has 6 heteroatoms. The van der Waals surface area contributed by atoms with Crippen LogP contribution < -0.4 is 10.9 Å². The number of ether oxygens (including phenoxy) is 1. The van der Waals surface area contributed by atoms with Crippen molar-refractivity contribution >= 4 is 22.4 Å². The van der Waals surface area contributed by atoms with E-state index in [2.05, 4.69) is 22.5 Å². The minimum atomic E-state index is -0.338. The molecule has 26 heavy (non-hydrogen) atoms. The van der Waals surface area contributed by atoms with Gasteiger partial charge in [0.15, 0.2) is 0 Å². The second-order valence-corrected chi connectivity index (χ2v) is 6.34. The van der Waals surface area contributed by atoms with Gasteiger partial charge in [0.1, 0.15) is 5.69 Å². The number of carbonyl (C=O) groups is 1. The van der Waals surface area contributed by atoms with Crippen LogP contribution in [0, 0.1) is 0 Å². The third-order valence-corrected chi connectivity index (χ3v) is 4.73. The number of rotatable bonds is 5. The molecule has 0 fully saturated rings. The predicted molar refractivity (Wildman–Crippen MR) is 99.7 cm³/mol. The molecule has 1 aromatic heterocycles. The Kier molecular flexibility index (Phi) is 4.26. The van der Waals surface area contributed by atoms with E-state index in [-0.39, 0.29) is 17.2 Å². The molecule has 0 aliphatic heterocycles. The highest BCUT2D eigenvalue weighted by atomic mass is 16.5. The fraction of sp³-hybridized carbons (Fsp3) is 0.250. The number of hydrogen-bond acceptors (Lipinski definition) is 4. The van der Waals surface area contributed by atoms with Crippen LogP contribution in [-0.4, -0.2) is 29.4 Å². The molecule has 0 bridgehead atoms. The Morgan fingerprint density at radius 1 is 1.15 bits per heavy atom. The van der Waals surface area contributed by atoms with E-state index in [1.807, 2.05) is 18.2 Å². The summed E-state index contributed by atoms with van der Waals surface area (Å²) in [6, 6.07) is 13.0. The van der Waals surface area contributed by atoms with E-state index in [9.17, 15) is 9.59 Å². The number of hydrogen-bond donors (Lipinski definition) is 1. The van der Waals surface area contributed by atoms with E-state index < -0.39 is 0 Å². The fourth-order valence-electron chi connectivity index (χ4n) is 3.45. The maximum Gasteiger partial charge on any atom is 0.276 e. The summed E-state index contributed by atoms with van der Waals surface area (Å²) in [6.07, 6.45) is 2.08. The van der Waals surface area contributed by atoms with Crippen molar-refractivity contribution in [3.63, 3.8) is 0 Å². The highest BCUT2D eigenvalue weighted by Crippen LogP contribution is 2.35. The number of nitrogens with one attached hydrogen (secondary N) is 1. The van der Waals surface area contributed by atoms with Crippen LogP contribution >= 0.6 is 0 Å². The second kappa shape index (κ2) is 6.72. The van der Waals surface area contributed by atoms with E-state index in [1.54, 1.807) is 7.11 Å². The van der Waals surface area contributed by atoms with Crippen LogP contribution in [0.2, 0.25) is 0 Å². The molecule has 6 nitrogen and oxygen atoms in total. The standard InChI is InChI=1S/C20H19N3O3/c1-26-12-11-23-18(24)10-9-17(22-23)20(25)21-16-8-7-14-6-5-13-3-2-4-15(16)19(13)14/h2-4,7-10H,5-6,11-12H2,1H3,(H,21,25). The zero-order valence-corrected chi connectivity index (χ0v) is 14.5. The van der Waals surface area contributed by atoms with Crippen molar-refractivity contribution < 1.29 is 9.53 Å². The molecule has 1 N–H and O–H groups in total. The van der Waals surface area contributed by atoms with Crippen LogP contribution in [-0.2, 0) is 24.1 Å². The van der Waals surface area contributed by atoms with Crippen LogP contribution in [0.25, 0.3) is 10.8 Å². The summed E-state index contributed by atoms with van der Waals surface area (Å²) in [5.41, 5.74) is 3.33. The van der Waals surface area contributed by atoms with Crippen LogP contribution in [0.1, 0.15) is 21.6 Å². The van der Waals surface area contributed by atoms with Gasteiger partial charge >= 0.3 is 0 Å². The van der Waals surface area contributed by atoms with Crippen molar-refractivity contribution in [2.24, 2.45) is 0 Å². The average molecular weight is 349 g/mol. The average Bonchev–Trinajstić information content (AvgIpc) is 3.08. The van der Waals surface area contributed by atoms with Crippen molar-refractivity contribution in [3.05, 3.63) is 69.6 Å². The van der Waals surface area contributed by atoms with Gasteiger partial charge in [-0.3, -0.25) is 9.59 Å². The SMILES string of the molecule is COCCn1nc(C(=O)Nc2ccc3c4c(cccc24)CC3)ccc1=O. The fourth-order valence-corrected chi connectivity index (χ4v) is 3.45. The minimum absolute atomic E-state index is 0.198. The highest BCUT2D eigenvalue weighted by Gasteiger charge is 2.17. The predicted octanol–water partition coefficient (Wildman–Crippen LogP) is 2.39. The molecular weight excluding hydrogens is 330 g/mol. The number of nitrogens with zero attached hydrogens (tertiary/aromatic N) is 2. The lowest BCUT2D eigenvalue weighted by molar-refractivity contribution is 0.101. The molecule has 0 saturated carbocycles. The van der Waals surface area contributed by atoms with Gasteiger partial charge in [-0.25, -0.2) is 4.68 Å². The maximum atomic E-state index is 12.7. The first-order chi connectivity index (χ1) is 12.7. The molecule has 132 valence electrons.